The fraction of sp³-hybridized carbons (Fsp3) is 0.273. The van der Waals surface area contributed by atoms with Gasteiger partial charge in [0.1, 0.15) is 15.8 Å². The number of carbonyl (C=O) groups is 1. The van der Waals surface area contributed by atoms with Crippen molar-refractivity contribution in [1.82, 2.24) is 5.32 Å². The Labute approximate surface area is 108 Å². The van der Waals surface area contributed by atoms with Gasteiger partial charge in [-0.25, -0.2) is 0 Å². The molecular formula is C11H11NO3S2. The fourth-order valence-electron chi connectivity index (χ4n) is 1.58. The fourth-order valence-corrected chi connectivity index (χ4v) is 2.88. The second-order valence-corrected chi connectivity index (χ2v) is 5.46. The lowest BCUT2D eigenvalue weighted by molar-refractivity contribution is -0.118. The smallest absolute Gasteiger partial charge is 0.239 e. The minimum atomic E-state index is -0.277. The van der Waals surface area contributed by atoms with Gasteiger partial charge in [-0.05, 0) is 30.2 Å². The minimum absolute atomic E-state index is 0.109. The lowest BCUT2D eigenvalue weighted by atomic mass is 10.1. The van der Waals surface area contributed by atoms with E-state index in [1.54, 1.807) is 25.3 Å². The molecule has 1 aromatic carbocycles. The summed E-state index contributed by atoms with van der Waals surface area (Å²) in [6, 6.07) is 4.96. The van der Waals surface area contributed by atoms with Crippen LogP contribution >= 0.6 is 24.0 Å². The molecule has 2 N–H and O–H groups in total. The van der Waals surface area contributed by atoms with E-state index in [0.717, 1.165) is 0 Å². The lowest BCUT2D eigenvalue weighted by Crippen LogP contribution is -2.25. The van der Waals surface area contributed by atoms with Crippen LogP contribution < -0.4 is 10.1 Å². The molecule has 0 bridgehead atoms. The minimum Gasteiger partial charge on any atom is -0.508 e. The molecule has 90 valence electrons. The third-order valence-electron chi connectivity index (χ3n) is 2.46. The summed E-state index contributed by atoms with van der Waals surface area (Å²) in [5, 5.41) is 12.0. The van der Waals surface area contributed by atoms with E-state index in [0.29, 0.717) is 22.1 Å². The molecule has 0 radical (unpaired) electrons. The van der Waals surface area contributed by atoms with Crippen LogP contribution in [-0.4, -0.2) is 27.7 Å². The number of aromatic hydroxyl groups is 1. The summed E-state index contributed by atoms with van der Waals surface area (Å²) < 4.78 is 5.57. The van der Waals surface area contributed by atoms with Crippen molar-refractivity contribution in [3.05, 3.63) is 23.8 Å². The second-order valence-electron chi connectivity index (χ2n) is 3.58. The average molecular weight is 269 g/mol. The number of carbonyl (C=O) groups excluding carboxylic acids is 1. The van der Waals surface area contributed by atoms with Gasteiger partial charge in [-0.2, -0.15) is 0 Å². The van der Waals surface area contributed by atoms with Crippen LogP contribution in [0, 0.1) is 0 Å². The Morgan fingerprint density at radius 1 is 1.59 bits per heavy atom. The van der Waals surface area contributed by atoms with Gasteiger partial charge in [0.05, 0.1) is 12.4 Å². The molecule has 1 fully saturated rings. The van der Waals surface area contributed by atoms with Gasteiger partial charge in [-0.15, -0.1) is 0 Å². The van der Waals surface area contributed by atoms with E-state index >= 15 is 0 Å². The molecule has 1 aliphatic heterocycles. The molecule has 0 aromatic heterocycles. The lowest BCUT2D eigenvalue weighted by Gasteiger charge is -2.09. The predicted molar refractivity (Wildman–Crippen MR) is 70.5 cm³/mol. The molecule has 1 amide bonds. The van der Waals surface area contributed by atoms with E-state index in [-0.39, 0.29) is 16.9 Å². The molecule has 6 heteroatoms. The van der Waals surface area contributed by atoms with E-state index in [4.69, 9.17) is 17.0 Å². The number of thiocarbonyl (C=S) groups is 1. The highest BCUT2D eigenvalue weighted by Gasteiger charge is 2.29. The van der Waals surface area contributed by atoms with Crippen molar-refractivity contribution in [2.45, 2.75) is 11.7 Å². The van der Waals surface area contributed by atoms with Crippen molar-refractivity contribution in [3.63, 3.8) is 0 Å². The zero-order valence-electron chi connectivity index (χ0n) is 9.10. The number of ether oxygens (including phenoxy) is 1. The van der Waals surface area contributed by atoms with Gasteiger partial charge >= 0.3 is 0 Å². The monoisotopic (exact) mass is 269 g/mol. The summed E-state index contributed by atoms with van der Waals surface area (Å²) in [5.74, 6) is 0.711. The summed E-state index contributed by atoms with van der Waals surface area (Å²) in [7, 11) is 1.56. The molecule has 0 spiro atoms. The van der Waals surface area contributed by atoms with Crippen LogP contribution in [0.2, 0.25) is 0 Å². The van der Waals surface area contributed by atoms with Crippen molar-refractivity contribution in [3.8, 4) is 11.5 Å². The number of benzene rings is 1. The maximum absolute atomic E-state index is 11.5. The number of hydrogen-bond donors (Lipinski definition) is 2. The summed E-state index contributed by atoms with van der Waals surface area (Å²) >= 11 is 6.22. The molecule has 17 heavy (non-hydrogen) atoms. The summed E-state index contributed by atoms with van der Waals surface area (Å²) in [6.07, 6.45) is 0.430. The van der Waals surface area contributed by atoms with Crippen LogP contribution in [0.4, 0.5) is 0 Å². The molecule has 1 unspecified atom stereocenters. The normalized spacial score (nSPS) is 19.2. The van der Waals surface area contributed by atoms with Crippen molar-refractivity contribution < 1.29 is 14.6 Å². The van der Waals surface area contributed by atoms with Gasteiger partial charge in [-0.1, -0.05) is 24.0 Å². The van der Waals surface area contributed by atoms with Crippen molar-refractivity contribution in [2.24, 2.45) is 0 Å². The van der Waals surface area contributed by atoms with Crippen molar-refractivity contribution >= 4 is 34.2 Å². The quantitative estimate of drug-likeness (QED) is 0.814. The summed E-state index contributed by atoms with van der Waals surface area (Å²) in [5.41, 5.74) is 0.682. The zero-order valence-corrected chi connectivity index (χ0v) is 10.7. The molecule has 2 rings (SSSR count). The van der Waals surface area contributed by atoms with Gasteiger partial charge in [0, 0.05) is 0 Å². The van der Waals surface area contributed by atoms with Crippen LogP contribution in [0.25, 0.3) is 0 Å². The summed E-state index contributed by atoms with van der Waals surface area (Å²) in [6.45, 7) is 0. The van der Waals surface area contributed by atoms with Crippen LogP contribution in [-0.2, 0) is 11.2 Å². The summed E-state index contributed by atoms with van der Waals surface area (Å²) in [4.78, 5) is 11.5. The number of hydrogen-bond acceptors (Lipinski definition) is 5. The first-order chi connectivity index (χ1) is 8.10. The number of methoxy groups -OCH3 is 1. The number of amides is 1. The van der Waals surface area contributed by atoms with Crippen LogP contribution in [0.3, 0.4) is 0 Å². The Morgan fingerprint density at radius 2 is 2.35 bits per heavy atom. The first kappa shape index (κ1) is 12.2. The van der Waals surface area contributed by atoms with Crippen LogP contribution in [0.5, 0.6) is 11.5 Å². The van der Waals surface area contributed by atoms with E-state index in [1.807, 2.05) is 0 Å². The second kappa shape index (κ2) is 4.93. The molecule has 0 aliphatic carbocycles. The van der Waals surface area contributed by atoms with E-state index in [1.165, 1.54) is 11.8 Å². The number of nitrogens with one attached hydrogen (secondary N) is 1. The Balaban J connectivity index is 2.18. The first-order valence-corrected chi connectivity index (χ1v) is 6.26. The average Bonchev–Trinajstić information content (AvgIpc) is 2.60. The predicted octanol–water partition coefficient (Wildman–Crippen LogP) is 1.46. The van der Waals surface area contributed by atoms with Crippen LogP contribution in [0.1, 0.15) is 5.56 Å². The molecule has 1 aliphatic rings. The zero-order chi connectivity index (χ0) is 12.4. The Morgan fingerprint density at radius 3 is 2.94 bits per heavy atom. The van der Waals surface area contributed by atoms with Crippen molar-refractivity contribution in [1.29, 1.82) is 0 Å². The molecule has 1 aromatic rings. The van der Waals surface area contributed by atoms with Gasteiger partial charge in [0.25, 0.3) is 0 Å². The van der Waals surface area contributed by atoms with E-state index in [2.05, 4.69) is 5.32 Å². The molecule has 4 nitrogen and oxygen atoms in total. The third kappa shape index (κ3) is 2.70. The van der Waals surface area contributed by atoms with E-state index < -0.39 is 0 Å². The standard InChI is InChI=1S/C11H11NO3S2/c1-15-7-2-3-8(13)6(4-7)5-9-10(14)12-11(16)17-9/h2-4,9,13H,5H2,1H3,(H,12,14,16). The SMILES string of the molecule is COc1ccc(O)c(CC2SC(=S)NC2=O)c1. The van der Waals surface area contributed by atoms with Crippen molar-refractivity contribution in [2.75, 3.05) is 7.11 Å². The highest BCUT2D eigenvalue weighted by molar-refractivity contribution is 8.24. The van der Waals surface area contributed by atoms with Crippen LogP contribution in [0.15, 0.2) is 18.2 Å². The Kier molecular flexibility index (Phi) is 3.54. The molecule has 1 saturated heterocycles. The molecular weight excluding hydrogens is 258 g/mol. The highest BCUT2D eigenvalue weighted by Crippen LogP contribution is 2.29. The van der Waals surface area contributed by atoms with Gasteiger partial charge < -0.3 is 15.2 Å². The number of rotatable bonds is 3. The molecule has 1 heterocycles. The van der Waals surface area contributed by atoms with Gasteiger partial charge in [0.15, 0.2) is 0 Å². The number of phenols is 1. The van der Waals surface area contributed by atoms with E-state index in [9.17, 15) is 9.90 Å². The first-order valence-electron chi connectivity index (χ1n) is 4.97. The maximum Gasteiger partial charge on any atom is 0.239 e. The number of phenolic OH excluding ortho intramolecular Hbond substituents is 1. The molecule has 1 atom stereocenters. The number of thioether (sulfide) groups is 1. The topological polar surface area (TPSA) is 58.6 Å². The maximum atomic E-state index is 11.5. The largest absolute Gasteiger partial charge is 0.508 e. The molecule has 0 saturated carbocycles. The highest BCUT2D eigenvalue weighted by atomic mass is 32.2. The Hall–Kier alpha value is -1.27. The van der Waals surface area contributed by atoms with Gasteiger partial charge in [-0.3, -0.25) is 4.79 Å². The van der Waals surface area contributed by atoms with Gasteiger partial charge in [0.2, 0.25) is 5.91 Å². The third-order valence-corrected chi connectivity index (χ3v) is 3.83. The Bertz CT molecular complexity index is 476.